The van der Waals surface area contributed by atoms with Crippen molar-refractivity contribution in [2.45, 2.75) is 37.0 Å². The molecule has 0 saturated heterocycles. The van der Waals surface area contributed by atoms with Gasteiger partial charge in [0.25, 0.3) is 0 Å². The Balaban J connectivity index is 3.16. The topological polar surface area (TPSA) is 89.7 Å². The van der Waals surface area contributed by atoms with Gasteiger partial charge in [0.15, 0.2) is 5.75 Å². The number of hydrogen-bond donors (Lipinski definition) is 1. The maximum Gasteiger partial charge on any atom is 0.324 e. The Morgan fingerprint density at radius 1 is 1.42 bits per heavy atom. The average molecular weight is 285 g/mol. The van der Waals surface area contributed by atoms with Gasteiger partial charge in [-0.15, -0.1) is 11.8 Å². The highest BCUT2D eigenvalue weighted by Gasteiger charge is 2.25. The summed E-state index contributed by atoms with van der Waals surface area (Å²) in [4.78, 5) is 21.7. The number of ether oxygens (including phenoxy) is 1. The zero-order valence-corrected chi connectivity index (χ0v) is 11.6. The highest BCUT2D eigenvalue weighted by molar-refractivity contribution is 8.00. The SMILES string of the molecule is CC(C)Oc1cccc(SC(C)C(=O)O)c1[N+](=O)[O-]. The van der Waals surface area contributed by atoms with Gasteiger partial charge in [0, 0.05) is 0 Å². The summed E-state index contributed by atoms with van der Waals surface area (Å²) < 4.78 is 5.39. The smallest absolute Gasteiger partial charge is 0.324 e. The van der Waals surface area contributed by atoms with Gasteiger partial charge in [-0.2, -0.15) is 0 Å². The second-order valence-corrected chi connectivity index (χ2v) is 5.51. The van der Waals surface area contributed by atoms with E-state index in [4.69, 9.17) is 9.84 Å². The molecule has 0 aliphatic heterocycles. The molecule has 0 amide bonds. The standard InChI is InChI=1S/C12H15NO5S/c1-7(2)18-9-5-4-6-10(11(9)13(16)17)19-8(3)12(14)15/h4-8H,1-3H3,(H,14,15). The fourth-order valence-corrected chi connectivity index (χ4v) is 2.29. The van der Waals surface area contributed by atoms with Crippen molar-refractivity contribution in [1.29, 1.82) is 0 Å². The molecular weight excluding hydrogens is 270 g/mol. The van der Waals surface area contributed by atoms with Crippen LogP contribution in [0.5, 0.6) is 5.75 Å². The summed E-state index contributed by atoms with van der Waals surface area (Å²) in [7, 11) is 0. The van der Waals surface area contributed by atoms with Gasteiger partial charge in [-0.1, -0.05) is 6.07 Å². The predicted octanol–water partition coefficient (Wildman–Crippen LogP) is 2.95. The van der Waals surface area contributed by atoms with E-state index in [2.05, 4.69) is 0 Å². The number of thioether (sulfide) groups is 1. The summed E-state index contributed by atoms with van der Waals surface area (Å²) in [6, 6.07) is 4.64. The van der Waals surface area contributed by atoms with Gasteiger partial charge in [0.05, 0.1) is 15.9 Å². The van der Waals surface area contributed by atoms with Crippen molar-refractivity contribution in [2.75, 3.05) is 0 Å². The molecule has 7 heteroatoms. The van der Waals surface area contributed by atoms with Crippen molar-refractivity contribution in [3.05, 3.63) is 28.3 Å². The average Bonchev–Trinajstić information content (AvgIpc) is 2.27. The molecule has 0 aliphatic rings. The molecule has 0 spiro atoms. The molecule has 6 nitrogen and oxygen atoms in total. The molecule has 104 valence electrons. The minimum Gasteiger partial charge on any atom is -0.484 e. The molecule has 1 atom stereocenters. The Bertz CT molecular complexity index is 489. The quantitative estimate of drug-likeness (QED) is 0.491. The molecule has 1 rings (SSSR count). The highest BCUT2D eigenvalue weighted by atomic mass is 32.2. The molecule has 1 unspecified atom stereocenters. The third-order valence-electron chi connectivity index (χ3n) is 2.16. The van der Waals surface area contributed by atoms with E-state index in [1.165, 1.54) is 19.1 Å². The Kier molecular flexibility index (Phi) is 5.17. The summed E-state index contributed by atoms with van der Waals surface area (Å²) in [5, 5.41) is 19.2. The monoisotopic (exact) mass is 285 g/mol. The van der Waals surface area contributed by atoms with E-state index in [0.29, 0.717) is 0 Å². The zero-order valence-electron chi connectivity index (χ0n) is 10.8. The number of rotatable bonds is 6. The number of carbonyl (C=O) groups is 1. The number of hydrogen-bond acceptors (Lipinski definition) is 5. The molecule has 0 saturated carbocycles. The van der Waals surface area contributed by atoms with Gasteiger partial charge in [0.1, 0.15) is 5.25 Å². The number of nitro benzene ring substituents is 1. The van der Waals surface area contributed by atoms with Gasteiger partial charge in [-0.05, 0) is 32.9 Å². The number of carboxylic acids is 1. The molecule has 1 aromatic carbocycles. The van der Waals surface area contributed by atoms with Crippen molar-refractivity contribution in [2.24, 2.45) is 0 Å². The minimum absolute atomic E-state index is 0.155. The first-order valence-corrected chi connectivity index (χ1v) is 6.54. The second kappa shape index (κ2) is 6.42. The summed E-state index contributed by atoms with van der Waals surface area (Å²) in [5.74, 6) is -0.864. The van der Waals surface area contributed by atoms with Gasteiger partial charge in [-0.3, -0.25) is 14.9 Å². The molecular formula is C12H15NO5S. The lowest BCUT2D eigenvalue weighted by molar-refractivity contribution is -0.388. The maximum absolute atomic E-state index is 11.1. The Morgan fingerprint density at radius 2 is 2.05 bits per heavy atom. The lowest BCUT2D eigenvalue weighted by atomic mass is 10.3. The molecule has 0 fully saturated rings. The van der Waals surface area contributed by atoms with Crippen LogP contribution in [0.1, 0.15) is 20.8 Å². The molecule has 0 bridgehead atoms. The van der Waals surface area contributed by atoms with Crippen LogP contribution < -0.4 is 4.74 Å². The number of carboxylic acid groups (broad SMARTS) is 1. The third-order valence-corrected chi connectivity index (χ3v) is 3.30. The van der Waals surface area contributed by atoms with Crippen LogP contribution in [0.4, 0.5) is 5.69 Å². The van der Waals surface area contributed by atoms with E-state index in [9.17, 15) is 14.9 Å². The van der Waals surface area contributed by atoms with Gasteiger partial charge in [-0.25, -0.2) is 0 Å². The Hall–Kier alpha value is -1.76. The van der Waals surface area contributed by atoms with Crippen LogP contribution in [0.15, 0.2) is 23.1 Å². The number of para-hydroxylation sites is 1. The summed E-state index contributed by atoms with van der Waals surface area (Å²) >= 11 is 0.927. The van der Waals surface area contributed by atoms with E-state index >= 15 is 0 Å². The molecule has 0 aromatic heterocycles. The fraction of sp³-hybridized carbons (Fsp3) is 0.417. The van der Waals surface area contributed by atoms with E-state index in [-0.39, 0.29) is 22.4 Å². The van der Waals surface area contributed by atoms with Crippen molar-refractivity contribution >= 4 is 23.4 Å². The molecule has 1 N–H and O–H groups in total. The first-order valence-electron chi connectivity index (χ1n) is 5.66. The van der Waals surface area contributed by atoms with Crippen LogP contribution in [-0.2, 0) is 4.79 Å². The van der Waals surface area contributed by atoms with E-state index < -0.39 is 16.1 Å². The number of nitrogens with zero attached hydrogens (tertiary/aromatic N) is 1. The van der Waals surface area contributed by atoms with Crippen LogP contribution in [0.2, 0.25) is 0 Å². The summed E-state index contributed by atoms with van der Waals surface area (Å²) in [6.45, 7) is 5.01. The van der Waals surface area contributed by atoms with Gasteiger partial charge < -0.3 is 9.84 Å². The summed E-state index contributed by atoms with van der Waals surface area (Å²) in [5.41, 5.74) is -0.186. The normalized spacial score (nSPS) is 12.2. The van der Waals surface area contributed by atoms with Gasteiger partial charge in [0.2, 0.25) is 0 Å². The number of benzene rings is 1. The molecule has 0 radical (unpaired) electrons. The maximum atomic E-state index is 11.1. The minimum atomic E-state index is -1.02. The first-order chi connectivity index (χ1) is 8.82. The third kappa shape index (κ3) is 4.13. The Labute approximate surface area is 114 Å². The molecule has 19 heavy (non-hydrogen) atoms. The largest absolute Gasteiger partial charge is 0.484 e. The lowest BCUT2D eigenvalue weighted by Crippen LogP contribution is -2.12. The lowest BCUT2D eigenvalue weighted by Gasteiger charge is -2.12. The molecule has 1 aromatic rings. The van der Waals surface area contributed by atoms with E-state index in [1.54, 1.807) is 19.9 Å². The number of aliphatic carboxylic acids is 1. The van der Waals surface area contributed by atoms with Crippen LogP contribution in [-0.4, -0.2) is 27.4 Å². The van der Waals surface area contributed by atoms with Crippen LogP contribution >= 0.6 is 11.8 Å². The summed E-state index contributed by atoms with van der Waals surface area (Å²) in [6.07, 6.45) is -0.198. The van der Waals surface area contributed by atoms with Gasteiger partial charge >= 0.3 is 11.7 Å². The number of nitro groups is 1. The van der Waals surface area contributed by atoms with Crippen molar-refractivity contribution < 1.29 is 19.6 Å². The Morgan fingerprint density at radius 3 is 2.53 bits per heavy atom. The fourth-order valence-electron chi connectivity index (χ4n) is 1.37. The van der Waals surface area contributed by atoms with Crippen molar-refractivity contribution in [3.8, 4) is 5.75 Å². The van der Waals surface area contributed by atoms with Crippen LogP contribution in [0.25, 0.3) is 0 Å². The van der Waals surface area contributed by atoms with Crippen LogP contribution in [0.3, 0.4) is 0 Å². The van der Waals surface area contributed by atoms with Crippen LogP contribution in [0, 0.1) is 10.1 Å². The molecule has 0 aliphatic carbocycles. The first kappa shape index (κ1) is 15.3. The second-order valence-electron chi connectivity index (χ2n) is 4.12. The van der Waals surface area contributed by atoms with Crippen molar-refractivity contribution in [3.63, 3.8) is 0 Å². The molecule has 0 heterocycles. The zero-order chi connectivity index (χ0) is 14.6. The van der Waals surface area contributed by atoms with E-state index in [1.807, 2.05) is 0 Å². The van der Waals surface area contributed by atoms with E-state index in [0.717, 1.165) is 11.8 Å². The highest BCUT2D eigenvalue weighted by Crippen LogP contribution is 2.39. The predicted molar refractivity (Wildman–Crippen MR) is 71.8 cm³/mol. The van der Waals surface area contributed by atoms with Crippen molar-refractivity contribution in [1.82, 2.24) is 0 Å².